The molecule has 0 amide bonds. The lowest BCUT2D eigenvalue weighted by Gasteiger charge is -2.14. The van der Waals surface area contributed by atoms with Crippen LogP contribution in [0, 0.1) is 6.92 Å². The van der Waals surface area contributed by atoms with Gasteiger partial charge in [-0.15, -0.1) is 0 Å². The highest BCUT2D eigenvalue weighted by Crippen LogP contribution is 2.20. The first-order valence-corrected chi connectivity index (χ1v) is 5.87. The van der Waals surface area contributed by atoms with E-state index in [1.54, 1.807) is 18.4 Å². The Morgan fingerprint density at radius 2 is 2.17 bits per heavy atom. The zero-order valence-electron chi connectivity index (χ0n) is 10.3. The van der Waals surface area contributed by atoms with Crippen molar-refractivity contribution in [2.75, 3.05) is 6.61 Å². The molecule has 3 N–H and O–H groups in total. The summed E-state index contributed by atoms with van der Waals surface area (Å²) in [6.45, 7) is 2.39. The Kier molecular flexibility index (Phi) is 4.02. The van der Waals surface area contributed by atoms with Crippen molar-refractivity contribution in [2.24, 2.45) is 0 Å². The maximum Gasteiger partial charge on any atom is 0.123 e. The van der Waals surface area contributed by atoms with Crippen molar-refractivity contribution in [3.8, 4) is 5.75 Å². The summed E-state index contributed by atoms with van der Waals surface area (Å²) in [6, 6.07) is 8.77. The van der Waals surface area contributed by atoms with E-state index in [0.717, 1.165) is 11.1 Å². The van der Waals surface area contributed by atoms with Gasteiger partial charge in [-0.2, -0.15) is 0 Å². The van der Waals surface area contributed by atoms with Gasteiger partial charge in [-0.05, 0) is 25.1 Å². The fourth-order valence-electron chi connectivity index (χ4n) is 1.83. The van der Waals surface area contributed by atoms with Gasteiger partial charge in [0.1, 0.15) is 11.5 Å². The molecule has 96 valence electrons. The summed E-state index contributed by atoms with van der Waals surface area (Å²) in [5.74, 6) is 0.939. The molecule has 18 heavy (non-hydrogen) atoms. The summed E-state index contributed by atoms with van der Waals surface area (Å²) in [5.41, 5.74) is 1.89. The average molecular weight is 247 g/mol. The molecule has 1 aromatic carbocycles. The predicted octanol–water partition coefficient (Wildman–Crippen LogP) is 2.12. The van der Waals surface area contributed by atoms with Gasteiger partial charge in [-0.1, -0.05) is 17.7 Å². The molecule has 0 radical (unpaired) electrons. The fraction of sp³-hybridized carbons (Fsp3) is 0.286. The molecule has 1 heterocycles. The van der Waals surface area contributed by atoms with E-state index in [2.05, 4.69) is 5.32 Å². The number of aromatic hydroxyl groups is 1. The Bertz CT molecular complexity index is 494. The summed E-state index contributed by atoms with van der Waals surface area (Å²) in [4.78, 5) is 0. The minimum Gasteiger partial charge on any atom is -0.508 e. The lowest BCUT2D eigenvalue weighted by atomic mass is 10.1. The minimum absolute atomic E-state index is 0.0555. The second-order valence-electron chi connectivity index (χ2n) is 4.26. The normalized spacial score (nSPS) is 12.6. The minimum atomic E-state index is -0.264. The second kappa shape index (κ2) is 5.71. The molecule has 2 rings (SSSR count). The summed E-state index contributed by atoms with van der Waals surface area (Å²) >= 11 is 0. The van der Waals surface area contributed by atoms with E-state index in [0.29, 0.717) is 12.3 Å². The number of aliphatic hydroxyl groups is 1. The van der Waals surface area contributed by atoms with Crippen molar-refractivity contribution >= 4 is 0 Å². The van der Waals surface area contributed by atoms with Gasteiger partial charge in [0.05, 0.1) is 18.9 Å². The third-order valence-electron chi connectivity index (χ3n) is 2.84. The quantitative estimate of drug-likeness (QED) is 0.757. The molecule has 0 aliphatic heterocycles. The molecule has 2 aromatic rings. The number of aliphatic hydroxyl groups excluding tert-OH is 1. The number of hydrogen-bond acceptors (Lipinski definition) is 4. The monoisotopic (exact) mass is 247 g/mol. The third kappa shape index (κ3) is 2.91. The van der Waals surface area contributed by atoms with Crippen LogP contribution in [0.2, 0.25) is 0 Å². The van der Waals surface area contributed by atoms with E-state index in [1.807, 2.05) is 25.1 Å². The third-order valence-corrected chi connectivity index (χ3v) is 2.84. The summed E-state index contributed by atoms with van der Waals surface area (Å²) in [6.07, 6.45) is 1.57. The molecule has 0 saturated heterocycles. The van der Waals surface area contributed by atoms with Gasteiger partial charge in [-0.3, -0.25) is 0 Å². The maximum atomic E-state index is 9.73. The average Bonchev–Trinajstić information content (AvgIpc) is 2.88. The van der Waals surface area contributed by atoms with Gasteiger partial charge < -0.3 is 19.9 Å². The summed E-state index contributed by atoms with van der Waals surface area (Å²) in [5, 5.41) is 22.2. The standard InChI is InChI=1S/C14H17NO3/c1-10-4-5-13(17)11(7-10)8-15-12(9-16)14-3-2-6-18-14/h2-7,12,15-17H,8-9H2,1H3. The summed E-state index contributed by atoms with van der Waals surface area (Å²) in [7, 11) is 0. The van der Waals surface area contributed by atoms with Crippen LogP contribution in [0.4, 0.5) is 0 Å². The van der Waals surface area contributed by atoms with Gasteiger partial charge >= 0.3 is 0 Å². The van der Waals surface area contributed by atoms with E-state index < -0.39 is 0 Å². The van der Waals surface area contributed by atoms with Crippen molar-refractivity contribution in [3.63, 3.8) is 0 Å². The van der Waals surface area contributed by atoms with Crippen LogP contribution in [0.25, 0.3) is 0 Å². The SMILES string of the molecule is Cc1ccc(O)c(CNC(CO)c2ccco2)c1. The lowest BCUT2D eigenvalue weighted by molar-refractivity contribution is 0.225. The number of phenolic OH excluding ortho intramolecular Hbond substituents is 1. The highest BCUT2D eigenvalue weighted by molar-refractivity contribution is 5.35. The van der Waals surface area contributed by atoms with E-state index in [4.69, 9.17) is 4.42 Å². The molecule has 0 bridgehead atoms. The molecular formula is C14H17NO3. The predicted molar refractivity (Wildman–Crippen MR) is 68.2 cm³/mol. The molecule has 0 saturated carbocycles. The molecule has 0 fully saturated rings. The van der Waals surface area contributed by atoms with Crippen LogP contribution in [-0.4, -0.2) is 16.8 Å². The molecule has 0 aliphatic carbocycles. The van der Waals surface area contributed by atoms with Crippen LogP contribution in [0.3, 0.4) is 0 Å². The van der Waals surface area contributed by atoms with Crippen LogP contribution in [0.5, 0.6) is 5.75 Å². The number of benzene rings is 1. The van der Waals surface area contributed by atoms with Crippen molar-refractivity contribution in [3.05, 3.63) is 53.5 Å². The van der Waals surface area contributed by atoms with Crippen molar-refractivity contribution in [1.29, 1.82) is 0 Å². The first-order valence-electron chi connectivity index (χ1n) is 5.87. The smallest absolute Gasteiger partial charge is 0.123 e. The van der Waals surface area contributed by atoms with Crippen LogP contribution in [-0.2, 0) is 6.54 Å². The van der Waals surface area contributed by atoms with E-state index >= 15 is 0 Å². The summed E-state index contributed by atoms with van der Waals surface area (Å²) < 4.78 is 5.24. The Morgan fingerprint density at radius 3 is 2.83 bits per heavy atom. The van der Waals surface area contributed by atoms with Crippen LogP contribution >= 0.6 is 0 Å². The number of nitrogens with one attached hydrogen (secondary N) is 1. The van der Waals surface area contributed by atoms with Gasteiger partial charge in [0.2, 0.25) is 0 Å². The molecule has 0 aliphatic rings. The molecular weight excluding hydrogens is 230 g/mol. The Hall–Kier alpha value is -1.78. The highest BCUT2D eigenvalue weighted by Gasteiger charge is 2.13. The largest absolute Gasteiger partial charge is 0.508 e. The second-order valence-corrected chi connectivity index (χ2v) is 4.26. The fourth-order valence-corrected chi connectivity index (χ4v) is 1.83. The van der Waals surface area contributed by atoms with Crippen molar-refractivity contribution in [2.45, 2.75) is 19.5 Å². The first-order chi connectivity index (χ1) is 8.70. The van der Waals surface area contributed by atoms with Crippen molar-refractivity contribution in [1.82, 2.24) is 5.32 Å². The van der Waals surface area contributed by atoms with E-state index in [1.165, 1.54) is 0 Å². The maximum absolute atomic E-state index is 9.73. The van der Waals surface area contributed by atoms with E-state index in [9.17, 15) is 10.2 Å². The van der Waals surface area contributed by atoms with Crippen molar-refractivity contribution < 1.29 is 14.6 Å². The number of aryl methyl sites for hydroxylation is 1. The van der Waals surface area contributed by atoms with Crippen LogP contribution in [0.1, 0.15) is 22.9 Å². The first kappa shape index (κ1) is 12.7. The molecule has 1 atom stereocenters. The van der Waals surface area contributed by atoms with Gasteiger partial charge in [-0.25, -0.2) is 0 Å². The number of hydrogen-bond donors (Lipinski definition) is 3. The van der Waals surface area contributed by atoms with Gasteiger partial charge in [0, 0.05) is 12.1 Å². The van der Waals surface area contributed by atoms with Gasteiger partial charge in [0.25, 0.3) is 0 Å². The van der Waals surface area contributed by atoms with Crippen LogP contribution < -0.4 is 5.32 Å². The molecule has 0 spiro atoms. The Morgan fingerprint density at radius 1 is 1.33 bits per heavy atom. The zero-order chi connectivity index (χ0) is 13.0. The highest BCUT2D eigenvalue weighted by atomic mass is 16.3. The number of rotatable bonds is 5. The molecule has 1 unspecified atom stereocenters. The van der Waals surface area contributed by atoms with Gasteiger partial charge in [0.15, 0.2) is 0 Å². The topological polar surface area (TPSA) is 65.6 Å². The Balaban J connectivity index is 2.04. The lowest BCUT2D eigenvalue weighted by Crippen LogP contribution is -2.23. The number of furan rings is 1. The van der Waals surface area contributed by atoms with E-state index in [-0.39, 0.29) is 18.4 Å². The molecule has 4 nitrogen and oxygen atoms in total. The number of phenols is 1. The van der Waals surface area contributed by atoms with Crippen LogP contribution in [0.15, 0.2) is 41.0 Å². The molecule has 4 heteroatoms. The Labute approximate surface area is 106 Å². The zero-order valence-corrected chi connectivity index (χ0v) is 10.3. The molecule has 1 aromatic heterocycles.